The van der Waals surface area contributed by atoms with Gasteiger partial charge >= 0.3 is 6.09 Å². The van der Waals surface area contributed by atoms with Crippen LogP contribution in [0.15, 0.2) is 30.3 Å². The Kier molecular flexibility index (Phi) is 3.98. The molecule has 92 valence electrons. The molecular formula is C13H18N2O2. The number of carbonyl (C=O) groups is 1. The van der Waals surface area contributed by atoms with E-state index in [1.807, 2.05) is 30.3 Å². The molecule has 1 heterocycles. The molecule has 0 unspecified atom stereocenters. The van der Waals surface area contributed by atoms with E-state index in [2.05, 4.69) is 5.32 Å². The number of benzene rings is 1. The molecule has 17 heavy (non-hydrogen) atoms. The summed E-state index contributed by atoms with van der Waals surface area (Å²) in [6, 6.07) is 10.0. The number of hydrogen-bond donors (Lipinski definition) is 2. The van der Waals surface area contributed by atoms with Crippen LogP contribution >= 0.6 is 0 Å². The van der Waals surface area contributed by atoms with Crippen LogP contribution in [0.5, 0.6) is 0 Å². The lowest BCUT2D eigenvalue weighted by molar-refractivity contribution is 0.138. The monoisotopic (exact) mass is 234 g/mol. The summed E-state index contributed by atoms with van der Waals surface area (Å²) in [4.78, 5) is 12.7. The Hall–Kier alpha value is -1.55. The molecule has 4 heteroatoms. The van der Waals surface area contributed by atoms with Crippen LogP contribution in [0.4, 0.5) is 4.79 Å². The van der Waals surface area contributed by atoms with E-state index in [4.69, 9.17) is 0 Å². The molecule has 0 radical (unpaired) electrons. The molecule has 1 aliphatic rings. The maximum absolute atomic E-state index is 11.2. The molecule has 0 aliphatic carbocycles. The minimum atomic E-state index is -0.845. The summed E-state index contributed by atoms with van der Waals surface area (Å²) in [6.07, 6.45) is 1.37. The van der Waals surface area contributed by atoms with Crippen LogP contribution in [-0.4, -0.2) is 35.2 Å². The zero-order valence-corrected chi connectivity index (χ0v) is 9.80. The van der Waals surface area contributed by atoms with Gasteiger partial charge in [-0.25, -0.2) is 4.79 Å². The first-order valence-corrected chi connectivity index (χ1v) is 6.01. The van der Waals surface area contributed by atoms with Crippen LogP contribution in [0.3, 0.4) is 0 Å². The lowest BCUT2D eigenvalue weighted by Crippen LogP contribution is -2.39. The van der Waals surface area contributed by atoms with Crippen LogP contribution in [-0.2, 0) is 6.54 Å². The number of nitrogens with zero attached hydrogens (tertiary/aromatic N) is 1. The molecule has 0 aromatic heterocycles. The average molecular weight is 234 g/mol. The molecule has 0 bridgehead atoms. The Labute approximate surface area is 101 Å². The SMILES string of the molecule is O=C(O)N(Cc1ccccc1)C[C@H]1CCCN1. The third kappa shape index (κ3) is 3.46. The third-order valence-corrected chi connectivity index (χ3v) is 3.09. The topological polar surface area (TPSA) is 52.6 Å². The van der Waals surface area contributed by atoms with E-state index in [9.17, 15) is 9.90 Å². The van der Waals surface area contributed by atoms with E-state index in [0.717, 1.165) is 24.9 Å². The van der Waals surface area contributed by atoms with Gasteiger partial charge < -0.3 is 15.3 Å². The average Bonchev–Trinajstić information content (AvgIpc) is 2.82. The summed E-state index contributed by atoms with van der Waals surface area (Å²) in [7, 11) is 0. The van der Waals surface area contributed by atoms with Crippen molar-refractivity contribution in [2.45, 2.75) is 25.4 Å². The molecule has 1 aromatic rings. The second kappa shape index (κ2) is 5.68. The van der Waals surface area contributed by atoms with E-state index in [0.29, 0.717) is 19.1 Å². The van der Waals surface area contributed by atoms with Gasteiger partial charge in [0.25, 0.3) is 0 Å². The lowest BCUT2D eigenvalue weighted by Gasteiger charge is -2.23. The largest absolute Gasteiger partial charge is 0.465 e. The quantitative estimate of drug-likeness (QED) is 0.836. The van der Waals surface area contributed by atoms with Crippen LogP contribution in [0, 0.1) is 0 Å². The number of carboxylic acid groups (broad SMARTS) is 1. The Morgan fingerprint density at radius 2 is 2.18 bits per heavy atom. The molecule has 1 saturated heterocycles. The van der Waals surface area contributed by atoms with Crippen LogP contribution in [0.1, 0.15) is 18.4 Å². The minimum absolute atomic E-state index is 0.315. The van der Waals surface area contributed by atoms with Crippen molar-refractivity contribution < 1.29 is 9.90 Å². The zero-order chi connectivity index (χ0) is 12.1. The standard InChI is InChI=1S/C13H18N2O2/c16-13(17)15(10-12-7-4-8-14-12)9-11-5-2-1-3-6-11/h1-3,5-6,12,14H,4,7-10H2,(H,16,17)/t12-/m1/s1. The van der Waals surface area contributed by atoms with Gasteiger partial charge in [-0.1, -0.05) is 30.3 Å². The van der Waals surface area contributed by atoms with Crippen molar-refractivity contribution in [3.05, 3.63) is 35.9 Å². The minimum Gasteiger partial charge on any atom is -0.465 e. The maximum atomic E-state index is 11.2. The molecule has 1 fully saturated rings. The summed E-state index contributed by atoms with van der Waals surface area (Å²) in [6.45, 7) is 2.04. The summed E-state index contributed by atoms with van der Waals surface area (Å²) in [5.41, 5.74) is 1.04. The van der Waals surface area contributed by atoms with Gasteiger partial charge in [-0.15, -0.1) is 0 Å². The van der Waals surface area contributed by atoms with Crippen molar-refractivity contribution in [2.24, 2.45) is 0 Å². The van der Waals surface area contributed by atoms with Crippen molar-refractivity contribution in [1.29, 1.82) is 0 Å². The van der Waals surface area contributed by atoms with E-state index in [1.165, 1.54) is 4.90 Å². The highest BCUT2D eigenvalue weighted by Crippen LogP contribution is 2.10. The Bertz CT molecular complexity index is 361. The van der Waals surface area contributed by atoms with Gasteiger partial charge in [0.2, 0.25) is 0 Å². The molecule has 0 spiro atoms. The zero-order valence-electron chi connectivity index (χ0n) is 9.80. The Morgan fingerprint density at radius 1 is 1.41 bits per heavy atom. The number of nitrogens with one attached hydrogen (secondary N) is 1. The van der Waals surface area contributed by atoms with Gasteiger partial charge in [0.1, 0.15) is 0 Å². The molecule has 1 aliphatic heterocycles. The second-order valence-electron chi connectivity index (χ2n) is 4.44. The molecule has 4 nitrogen and oxygen atoms in total. The fourth-order valence-corrected chi connectivity index (χ4v) is 2.19. The predicted molar refractivity (Wildman–Crippen MR) is 65.9 cm³/mol. The van der Waals surface area contributed by atoms with Gasteiger partial charge in [-0.2, -0.15) is 0 Å². The number of rotatable bonds is 4. The highest BCUT2D eigenvalue weighted by molar-refractivity contribution is 5.65. The van der Waals surface area contributed by atoms with Crippen LogP contribution in [0.25, 0.3) is 0 Å². The predicted octanol–water partition coefficient (Wildman–Crippen LogP) is 1.92. The van der Waals surface area contributed by atoms with Gasteiger partial charge in [0, 0.05) is 19.1 Å². The highest BCUT2D eigenvalue weighted by Gasteiger charge is 2.20. The molecule has 0 saturated carbocycles. The molecular weight excluding hydrogens is 216 g/mol. The molecule has 1 aromatic carbocycles. The van der Waals surface area contributed by atoms with Crippen LogP contribution in [0.2, 0.25) is 0 Å². The van der Waals surface area contributed by atoms with Crippen molar-refractivity contribution >= 4 is 6.09 Å². The van der Waals surface area contributed by atoms with Crippen molar-refractivity contribution in [2.75, 3.05) is 13.1 Å². The van der Waals surface area contributed by atoms with Gasteiger partial charge in [0.15, 0.2) is 0 Å². The second-order valence-corrected chi connectivity index (χ2v) is 4.44. The van der Waals surface area contributed by atoms with E-state index < -0.39 is 6.09 Å². The summed E-state index contributed by atoms with van der Waals surface area (Å²) in [5.74, 6) is 0. The van der Waals surface area contributed by atoms with Gasteiger partial charge in [0.05, 0.1) is 0 Å². The fraction of sp³-hybridized carbons (Fsp3) is 0.462. The summed E-state index contributed by atoms with van der Waals surface area (Å²) >= 11 is 0. The summed E-state index contributed by atoms with van der Waals surface area (Å²) < 4.78 is 0. The summed E-state index contributed by atoms with van der Waals surface area (Å²) in [5, 5.41) is 12.5. The lowest BCUT2D eigenvalue weighted by atomic mass is 10.2. The van der Waals surface area contributed by atoms with E-state index >= 15 is 0 Å². The first-order valence-electron chi connectivity index (χ1n) is 6.01. The van der Waals surface area contributed by atoms with Gasteiger partial charge in [-0.05, 0) is 24.9 Å². The number of hydrogen-bond acceptors (Lipinski definition) is 2. The Balaban J connectivity index is 1.95. The third-order valence-electron chi connectivity index (χ3n) is 3.09. The molecule has 1 amide bonds. The highest BCUT2D eigenvalue weighted by atomic mass is 16.4. The van der Waals surface area contributed by atoms with Crippen molar-refractivity contribution in [1.82, 2.24) is 10.2 Å². The molecule has 2 N–H and O–H groups in total. The normalized spacial score (nSPS) is 19.2. The van der Waals surface area contributed by atoms with Gasteiger partial charge in [-0.3, -0.25) is 0 Å². The molecule has 2 rings (SSSR count). The first-order chi connectivity index (χ1) is 8.25. The first kappa shape index (κ1) is 11.9. The van der Waals surface area contributed by atoms with Crippen molar-refractivity contribution in [3.63, 3.8) is 0 Å². The molecule has 1 atom stereocenters. The van der Waals surface area contributed by atoms with Crippen LogP contribution < -0.4 is 5.32 Å². The number of amides is 1. The van der Waals surface area contributed by atoms with E-state index in [-0.39, 0.29) is 0 Å². The van der Waals surface area contributed by atoms with Crippen molar-refractivity contribution in [3.8, 4) is 0 Å². The fourth-order valence-electron chi connectivity index (χ4n) is 2.19. The Morgan fingerprint density at radius 3 is 2.76 bits per heavy atom. The smallest absolute Gasteiger partial charge is 0.407 e. The maximum Gasteiger partial charge on any atom is 0.407 e. The van der Waals surface area contributed by atoms with E-state index in [1.54, 1.807) is 0 Å².